The normalized spacial score (nSPS) is 13.7. The topological polar surface area (TPSA) is 66.9 Å². The van der Waals surface area contributed by atoms with Crippen LogP contribution in [0.2, 0.25) is 5.02 Å². The fraction of sp³-hybridized carbons (Fsp3) is 0.312. The Balaban J connectivity index is 1.47. The van der Waals surface area contributed by atoms with Crippen LogP contribution in [0.4, 0.5) is 5.95 Å². The Hall–Kier alpha value is -2.14. The number of carbonyl (C=O) groups excluding carboxylic acids is 1. The van der Waals surface area contributed by atoms with Gasteiger partial charge in [-0.15, -0.1) is 0 Å². The predicted molar refractivity (Wildman–Crippen MR) is 86.2 cm³/mol. The van der Waals surface area contributed by atoms with Gasteiger partial charge in [0.2, 0.25) is 5.95 Å². The average molecular weight is 317 g/mol. The molecule has 1 aliphatic carbocycles. The Morgan fingerprint density at radius 3 is 2.50 bits per heavy atom. The molecule has 0 aliphatic heterocycles. The lowest BCUT2D eigenvalue weighted by atomic mass is 10.1. The lowest BCUT2D eigenvalue weighted by Gasteiger charge is -2.06. The third-order valence-electron chi connectivity index (χ3n) is 3.44. The van der Waals surface area contributed by atoms with E-state index in [1.807, 2.05) is 24.3 Å². The zero-order chi connectivity index (χ0) is 15.4. The van der Waals surface area contributed by atoms with E-state index in [9.17, 15) is 4.79 Å². The number of anilines is 1. The van der Waals surface area contributed by atoms with Gasteiger partial charge in [0.05, 0.1) is 5.56 Å². The molecule has 0 saturated heterocycles. The quantitative estimate of drug-likeness (QED) is 0.860. The smallest absolute Gasteiger partial charge is 0.254 e. The molecule has 2 aromatic rings. The van der Waals surface area contributed by atoms with Gasteiger partial charge in [-0.05, 0) is 37.0 Å². The van der Waals surface area contributed by atoms with Crippen molar-refractivity contribution in [2.75, 3.05) is 11.9 Å². The Bertz CT molecular complexity index is 638. The second-order valence-corrected chi connectivity index (χ2v) is 5.78. The Kier molecular flexibility index (Phi) is 4.53. The first-order chi connectivity index (χ1) is 10.7. The molecule has 1 fully saturated rings. The third-order valence-corrected chi connectivity index (χ3v) is 3.69. The lowest BCUT2D eigenvalue weighted by molar-refractivity contribution is 0.0953. The number of aromatic nitrogens is 2. The number of hydrogen-bond acceptors (Lipinski definition) is 4. The van der Waals surface area contributed by atoms with Crippen molar-refractivity contribution in [3.63, 3.8) is 0 Å². The van der Waals surface area contributed by atoms with Crippen LogP contribution in [0, 0.1) is 0 Å². The molecule has 0 spiro atoms. The number of halogens is 1. The number of amides is 1. The summed E-state index contributed by atoms with van der Waals surface area (Å²) in [5.74, 6) is 0.423. The van der Waals surface area contributed by atoms with E-state index in [0.717, 1.165) is 24.8 Å². The lowest BCUT2D eigenvalue weighted by Crippen LogP contribution is -2.26. The fourth-order valence-electron chi connectivity index (χ4n) is 2.00. The van der Waals surface area contributed by atoms with Crippen molar-refractivity contribution < 1.29 is 4.79 Å². The van der Waals surface area contributed by atoms with Crippen LogP contribution in [0.5, 0.6) is 0 Å². The largest absolute Gasteiger partial charge is 0.352 e. The molecule has 1 saturated carbocycles. The van der Waals surface area contributed by atoms with Crippen molar-refractivity contribution in [1.82, 2.24) is 15.3 Å². The van der Waals surface area contributed by atoms with E-state index in [0.29, 0.717) is 29.1 Å². The van der Waals surface area contributed by atoms with E-state index in [1.54, 1.807) is 12.4 Å². The molecule has 1 amide bonds. The minimum Gasteiger partial charge on any atom is -0.352 e. The number of rotatable bonds is 6. The molecule has 1 aromatic heterocycles. The highest BCUT2D eigenvalue weighted by atomic mass is 35.5. The molecule has 114 valence electrons. The van der Waals surface area contributed by atoms with Crippen LogP contribution in [-0.2, 0) is 6.42 Å². The maximum Gasteiger partial charge on any atom is 0.254 e. The number of nitrogens with one attached hydrogen (secondary N) is 2. The van der Waals surface area contributed by atoms with E-state index in [2.05, 4.69) is 20.6 Å². The van der Waals surface area contributed by atoms with Crippen molar-refractivity contribution in [2.24, 2.45) is 0 Å². The van der Waals surface area contributed by atoms with E-state index < -0.39 is 0 Å². The second-order valence-electron chi connectivity index (χ2n) is 5.35. The average Bonchev–Trinajstić information content (AvgIpc) is 3.34. The van der Waals surface area contributed by atoms with Crippen molar-refractivity contribution in [3.05, 3.63) is 52.8 Å². The number of hydrogen-bond donors (Lipinski definition) is 2. The summed E-state index contributed by atoms with van der Waals surface area (Å²) < 4.78 is 0. The summed E-state index contributed by atoms with van der Waals surface area (Å²) in [5, 5.41) is 6.76. The highest BCUT2D eigenvalue weighted by molar-refractivity contribution is 6.30. The van der Waals surface area contributed by atoms with Gasteiger partial charge in [0.1, 0.15) is 0 Å². The molecule has 0 radical (unpaired) electrons. The van der Waals surface area contributed by atoms with Gasteiger partial charge in [0.25, 0.3) is 5.91 Å². The minimum absolute atomic E-state index is 0.160. The van der Waals surface area contributed by atoms with Gasteiger partial charge in [-0.3, -0.25) is 4.79 Å². The van der Waals surface area contributed by atoms with Crippen LogP contribution < -0.4 is 10.6 Å². The molecule has 2 N–H and O–H groups in total. The molecule has 1 aromatic carbocycles. The van der Waals surface area contributed by atoms with Gasteiger partial charge < -0.3 is 10.6 Å². The summed E-state index contributed by atoms with van der Waals surface area (Å²) >= 11 is 5.84. The molecule has 22 heavy (non-hydrogen) atoms. The van der Waals surface area contributed by atoms with Crippen LogP contribution in [0.3, 0.4) is 0 Å². The molecule has 1 heterocycles. The van der Waals surface area contributed by atoms with Gasteiger partial charge >= 0.3 is 0 Å². The summed E-state index contributed by atoms with van der Waals surface area (Å²) in [6.45, 7) is 0.558. The molecule has 0 bridgehead atoms. The molecule has 3 rings (SSSR count). The predicted octanol–water partition coefficient (Wildman–Crippen LogP) is 2.68. The number of benzene rings is 1. The number of nitrogens with zero attached hydrogens (tertiary/aromatic N) is 2. The zero-order valence-electron chi connectivity index (χ0n) is 12.1. The minimum atomic E-state index is -0.160. The SMILES string of the molecule is O=C(NCCc1ccc(Cl)cc1)c1cnc(NC2CC2)nc1. The molecule has 6 heteroatoms. The van der Waals surface area contributed by atoms with E-state index >= 15 is 0 Å². The highest BCUT2D eigenvalue weighted by Gasteiger charge is 2.21. The van der Waals surface area contributed by atoms with Crippen LogP contribution in [0.1, 0.15) is 28.8 Å². The first-order valence-electron chi connectivity index (χ1n) is 7.32. The summed E-state index contributed by atoms with van der Waals surface area (Å²) in [6, 6.07) is 8.10. The second kappa shape index (κ2) is 6.75. The van der Waals surface area contributed by atoms with Crippen LogP contribution in [0.15, 0.2) is 36.7 Å². The zero-order valence-corrected chi connectivity index (χ0v) is 12.8. The Morgan fingerprint density at radius 1 is 1.18 bits per heavy atom. The fourth-order valence-corrected chi connectivity index (χ4v) is 2.13. The van der Waals surface area contributed by atoms with Crippen LogP contribution >= 0.6 is 11.6 Å². The molecular weight excluding hydrogens is 300 g/mol. The Morgan fingerprint density at radius 2 is 1.86 bits per heavy atom. The number of carbonyl (C=O) groups is 1. The molecule has 5 nitrogen and oxygen atoms in total. The monoisotopic (exact) mass is 316 g/mol. The van der Waals surface area contributed by atoms with Gasteiger partial charge in [-0.1, -0.05) is 23.7 Å². The van der Waals surface area contributed by atoms with Crippen molar-refractivity contribution in [3.8, 4) is 0 Å². The maximum atomic E-state index is 12.0. The molecule has 0 atom stereocenters. The van der Waals surface area contributed by atoms with E-state index in [-0.39, 0.29) is 5.91 Å². The summed E-state index contributed by atoms with van der Waals surface area (Å²) in [7, 11) is 0. The summed E-state index contributed by atoms with van der Waals surface area (Å²) in [5.41, 5.74) is 1.60. The van der Waals surface area contributed by atoms with Crippen LogP contribution in [0.25, 0.3) is 0 Å². The van der Waals surface area contributed by atoms with E-state index in [4.69, 9.17) is 11.6 Å². The van der Waals surface area contributed by atoms with E-state index in [1.165, 1.54) is 0 Å². The first kappa shape index (κ1) is 14.8. The molecule has 0 unspecified atom stereocenters. The summed E-state index contributed by atoms with van der Waals surface area (Å²) in [6.07, 6.45) is 6.18. The van der Waals surface area contributed by atoms with Gasteiger partial charge in [-0.25, -0.2) is 9.97 Å². The third kappa shape index (κ3) is 4.18. The van der Waals surface area contributed by atoms with Gasteiger partial charge in [0, 0.05) is 30.0 Å². The van der Waals surface area contributed by atoms with Gasteiger partial charge in [0.15, 0.2) is 0 Å². The Labute approximate surface area is 134 Å². The van der Waals surface area contributed by atoms with Crippen molar-refractivity contribution in [2.45, 2.75) is 25.3 Å². The summed E-state index contributed by atoms with van der Waals surface area (Å²) in [4.78, 5) is 20.3. The van der Waals surface area contributed by atoms with Crippen LogP contribution in [-0.4, -0.2) is 28.5 Å². The van der Waals surface area contributed by atoms with Crippen molar-refractivity contribution in [1.29, 1.82) is 0 Å². The highest BCUT2D eigenvalue weighted by Crippen LogP contribution is 2.22. The first-order valence-corrected chi connectivity index (χ1v) is 7.70. The standard InChI is InChI=1S/C16H17ClN4O/c17-13-3-1-11(2-4-13)7-8-18-15(22)12-9-19-16(20-10-12)21-14-5-6-14/h1-4,9-10,14H,5-8H2,(H,18,22)(H,19,20,21). The molecule has 1 aliphatic rings. The molecular formula is C16H17ClN4O. The van der Waals surface area contributed by atoms with Crippen molar-refractivity contribution >= 4 is 23.5 Å². The maximum absolute atomic E-state index is 12.0. The van der Waals surface area contributed by atoms with Gasteiger partial charge in [-0.2, -0.15) is 0 Å².